The Morgan fingerprint density at radius 3 is 2.47 bits per heavy atom. The maximum absolute atomic E-state index is 10.6. The Labute approximate surface area is 99.2 Å². The maximum Gasteiger partial charge on any atom is 0.156 e. The summed E-state index contributed by atoms with van der Waals surface area (Å²) in [5.41, 5.74) is 0. The molecule has 0 aromatic carbocycles. The number of allylic oxidation sites excluding steroid dienone is 1. The molecule has 0 saturated heterocycles. The molecule has 0 amide bonds. The van der Waals surface area contributed by atoms with E-state index in [1.54, 1.807) is 11.8 Å². The van der Waals surface area contributed by atoms with Crippen LogP contribution in [0.5, 0.6) is 0 Å². The van der Waals surface area contributed by atoms with Crippen LogP contribution in [-0.4, -0.2) is 34.8 Å². The molecular formula is C11H15NOS2. The van der Waals surface area contributed by atoms with E-state index < -0.39 is 0 Å². The van der Waals surface area contributed by atoms with E-state index >= 15 is 0 Å². The zero-order valence-corrected chi connectivity index (χ0v) is 10.6. The zero-order chi connectivity index (χ0) is 10.8. The Bertz CT molecular complexity index is 321. The highest BCUT2D eigenvalue weighted by atomic mass is 32.2. The molecule has 4 heteroatoms. The van der Waals surface area contributed by atoms with Gasteiger partial charge >= 0.3 is 0 Å². The Morgan fingerprint density at radius 1 is 1.27 bits per heavy atom. The predicted molar refractivity (Wildman–Crippen MR) is 67.9 cm³/mol. The van der Waals surface area contributed by atoms with Gasteiger partial charge in [0.05, 0.1) is 5.03 Å². The molecule has 0 N–H and O–H groups in total. The molecule has 0 spiro atoms. The minimum Gasteiger partial charge on any atom is -0.367 e. The van der Waals surface area contributed by atoms with Crippen molar-refractivity contribution >= 4 is 29.8 Å². The number of hydrogen-bond donors (Lipinski definition) is 0. The number of thioether (sulfide) groups is 2. The van der Waals surface area contributed by atoms with Gasteiger partial charge in [0.2, 0.25) is 0 Å². The van der Waals surface area contributed by atoms with E-state index in [1.807, 2.05) is 11.8 Å². The largest absolute Gasteiger partial charge is 0.367 e. The molecule has 0 aromatic heterocycles. The van der Waals surface area contributed by atoms with Crippen molar-refractivity contribution in [1.82, 2.24) is 4.90 Å². The van der Waals surface area contributed by atoms with Crippen LogP contribution in [0.1, 0.15) is 13.8 Å². The minimum atomic E-state index is 0.478. The smallest absolute Gasteiger partial charge is 0.156 e. The molecule has 0 aromatic rings. The third-order valence-electron chi connectivity index (χ3n) is 2.68. The van der Waals surface area contributed by atoms with Crippen LogP contribution < -0.4 is 0 Å². The number of aldehydes is 1. The molecule has 2 unspecified atom stereocenters. The highest BCUT2D eigenvalue weighted by Crippen LogP contribution is 2.47. The first kappa shape index (κ1) is 11.1. The summed E-state index contributed by atoms with van der Waals surface area (Å²) in [5.74, 6) is 0. The first-order valence-corrected chi connectivity index (χ1v) is 7.01. The molecule has 2 aliphatic heterocycles. The van der Waals surface area contributed by atoms with E-state index in [-0.39, 0.29) is 0 Å². The van der Waals surface area contributed by atoms with Gasteiger partial charge in [-0.1, -0.05) is 17.8 Å². The van der Waals surface area contributed by atoms with Gasteiger partial charge < -0.3 is 4.90 Å². The predicted octanol–water partition coefficient (Wildman–Crippen LogP) is 2.48. The highest BCUT2D eigenvalue weighted by Gasteiger charge is 2.34. The molecule has 0 radical (unpaired) electrons. The van der Waals surface area contributed by atoms with Gasteiger partial charge in [0.1, 0.15) is 0 Å². The van der Waals surface area contributed by atoms with E-state index in [4.69, 9.17) is 0 Å². The number of fused-ring (bicyclic) bond motifs is 1. The topological polar surface area (TPSA) is 20.3 Å². The molecule has 2 nitrogen and oxygen atoms in total. The third-order valence-corrected chi connectivity index (χ3v) is 5.39. The second-order valence-electron chi connectivity index (χ2n) is 3.53. The van der Waals surface area contributed by atoms with E-state index in [0.717, 1.165) is 24.3 Å². The number of carbonyl (C=O) groups excluding carboxylic acids is 1. The van der Waals surface area contributed by atoms with Crippen molar-refractivity contribution in [2.45, 2.75) is 24.3 Å². The summed E-state index contributed by atoms with van der Waals surface area (Å²) < 4.78 is 0. The van der Waals surface area contributed by atoms with Gasteiger partial charge in [0.25, 0.3) is 0 Å². The molecule has 2 aliphatic rings. The van der Waals surface area contributed by atoms with Crippen LogP contribution in [0.3, 0.4) is 0 Å². The molecule has 2 heterocycles. The lowest BCUT2D eigenvalue weighted by Gasteiger charge is -2.21. The van der Waals surface area contributed by atoms with Gasteiger partial charge in [-0.05, 0) is 19.9 Å². The van der Waals surface area contributed by atoms with Crippen molar-refractivity contribution in [3.63, 3.8) is 0 Å². The third kappa shape index (κ3) is 2.11. The van der Waals surface area contributed by atoms with Crippen LogP contribution in [0.4, 0.5) is 0 Å². The van der Waals surface area contributed by atoms with Gasteiger partial charge in [0, 0.05) is 28.5 Å². The number of hydrogen-bond acceptors (Lipinski definition) is 4. The second-order valence-corrected chi connectivity index (χ2v) is 5.98. The molecule has 15 heavy (non-hydrogen) atoms. The standard InChI is InChI=1S/C11H15NOS2/c1-3-12(4-2)11-6-10-9(15-11)5-8(7-13)14-10/h5-7,9-10H,3-4H2,1-2H3. The molecule has 0 fully saturated rings. The molecular weight excluding hydrogens is 226 g/mol. The van der Waals surface area contributed by atoms with Crippen molar-refractivity contribution in [3.8, 4) is 0 Å². The monoisotopic (exact) mass is 241 g/mol. The molecule has 0 bridgehead atoms. The van der Waals surface area contributed by atoms with E-state index in [9.17, 15) is 4.79 Å². The summed E-state index contributed by atoms with van der Waals surface area (Å²) in [6.45, 7) is 6.48. The molecule has 2 atom stereocenters. The summed E-state index contributed by atoms with van der Waals surface area (Å²) in [6, 6.07) is 0. The normalized spacial score (nSPS) is 28.4. The van der Waals surface area contributed by atoms with Crippen LogP contribution in [0.2, 0.25) is 0 Å². The molecule has 0 aliphatic carbocycles. The van der Waals surface area contributed by atoms with Crippen LogP contribution in [0.15, 0.2) is 22.1 Å². The molecule has 82 valence electrons. The van der Waals surface area contributed by atoms with Gasteiger partial charge in [-0.25, -0.2) is 0 Å². The zero-order valence-electron chi connectivity index (χ0n) is 8.97. The number of carbonyl (C=O) groups is 1. The summed E-state index contributed by atoms with van der Waals surface area (Å²) >= 11 is 3.58. The number of rotatable bonds is 4. The fraction of sp³-hybridized carbons (Fsp3) is 0.545. The lowest BCUT2D eigenvalue weighted by Crippen LogP contribution is -2.19. The van der Waals surface area contributed by atoms with E-state index in [1.165, 1.54) is 5.03 Å². The van der Waals surface area contributed by atoms with Gasteiger partial charge in [-0.3, -0.25) is 4.79 Å². The fourth-order valence-electron chi connectivity index (χ4n) is 1.85. The Balaban J connectivity index is 2.04. The van der Waals surface area contributed by atoms with Crippen LogP contribution in [0, 0.1) is 0 Å². The Morgan fingerprint density at radius 2 is 1.93 bits per heavy atom. The van der Waals surface area contributed by atoms with Crippen molar-refractivity contribution < 1.29 is 4.79 Å². The quantitative estimate of drug-likeness (QED) is 0.704. The van der Waals surface area contributed by atoms with Crippen molar-refractivity contribution in [2.24, 2.45) is 0 Å². The SMILES string of the molecule is CCN(CC)C1=CC2SC(C=O)=CC2S1. The van der Waals surface area contributed by atoms with Crippen LogP contribution in [0.25, 0.3) is 0 Å². The lowest BCUT2D eigenvalue weighted by molar-refractivity contribution is -0.104. The van der Waals surface area contributed by atoms with Gasteiger partial charge in [0.15, 0.2) is 6.29 Å². The van der Waals surface area contributed by atoms with Crippen LogP contribution >= 0.6 is 23.5 Å². The Kier molecular flexibility index (Phi) is 3.46. The average molecular weight is 241 g/mol. The molecule has 0 saturated carbocycles. The average Bonchev–Trinajstić information content (AvgIpc) is 2.77. The first-order valence-electron chi connectivity index (χ1n) is 5.25. The van der Waals surface area contributed by atoms with Crippen molar-refractivity contribution in [2.75, 3.05) is 13.1 Å². The van der Waals surface area contributed by atoms with E-state index in [0.29, 0.717) is 10.5 Å². The van der Waals surface area contributed by atoms with Gasteiger partial charge in [-0.15, -0.1) is 11.8 Å². The van der Waals surface area contributed by atoms with E-state index in [2.05, 4.69) is 30.9 Å². The summed E-state index contributed by atoms with van der Waals surface area (Å²) in [5, 5.41) is 2.33. The summed E-state index contributed by atoms with van der Waals surface area (Å²) in [6.07, 6.45) is 5.37. The fourth-order valence-corrected chi connectivity index (χ4v) is 4.70. The summed E-state index contributed by atoms with van der Waals surface area (Å²) in [7, 11) is 0. The first-order chi connectivity index (χ1) is 7.28. The van der Waals surface area contributed by atoms with Gasteiger partial charge in [-0.2, -0.15) is 0 Å². The second kappa shape index (κ2) is 4.66. The number of nitrogens with zero attached hydrogens (tertiary/aromatic N) is 1. The minimum absolute atomic E-state index is 0.478. The highest BCUT2D eigenvalue weighted by molar-refractivity contribution is 8.09. The van der Waals surface area contributed by atoms with Crippen molar-refractivity contribution in [3.05, 3.63) is 22.1 Å². The van der Waals surface area contributed by atoms with Crippen molar-refractivity contribution in [1.29, 1.82) is 0 Å². The lowest BCUT2D eigenvalue weighted by atomic mass is 10.3. The Hall–Kier alpha value is -0.350. The summed E-state index contributed by atoms with van der Waals surface area (Å²) in [4.78, 5) is 13.9. The van der Waals surface area contributed by atoms with Crippen LogP contribution in [-0.2, 0) is 4.79 Å². The maximum atomic E-state index is 10.6. The molecule has 2 rings (SSSR count).